The second-order valence-electron chi connectivity index (χ2n) is 3.98. The van der Waals surface area contributed by atoms with Gasteiger partial charge in [0, 0.05) is 11.1 Å². The third-order valence-corrected chi connectivity index (χ3v) is 2.59. The number of carbonyl (C=O) groups excluding carboxylic acids is 1. The number of phenols is 1. The monoisotopic (exact) mass is 270 g/mol. The molecule has 0 aliphatic rings. The fraction of sp³-hybridized carbons (Fsp3) is 0.0625. The standard InChI is InChI=1S/C16H11FO3/c1-20-16(19)14-9-6-12(10-15(14)17)3-2-11-4-7-13(18)8-5-11/h4-10,18H,1H3. The van der Waals surface area contributed by atoms with Crippen molar-refractivity contribution < 1.29 is 19.0 Å². The maximum Gasteiger partial charge on any atom is 0.340 e. The lowest BCUT2D eigenvalue weighted by Gasteiger charge is -2.00. The van der Waals surface area contributed by atoms with Crippen LogP contribution in [0.2, 0.25) is 0 Å². The molecule has 0 unspecified atom stereocenters. The van der Waals surface area contributed by atoms with Gasteiger partial charge in [-0.15, -0.1) is 0 Å². The molecule has 0 saturated heterocycles. The van der Waals surface area contributed by atoms with E-state index in [1.165, 1.54) is 31.4 Å². The second-order valence-corrected chi connectivity index (χ2v) is 3.98. The van der Waals surface area contributed by atoms with E-state index in [9.17, 15) is 9.18 Å². The van der Waals surface area contributed by atoms with Crippen molar-refractivity contribution in [3.05, 3.63) is 65.0 Å². The molecule has 0 aromatic heterocycles. The summed E-state index contributed by atoms with van der Waals surface area (Å²) in [5, 5.41) is 9.14. The van der Waals surface area contributed by atoms with Gasteiger partial charge >= 0.3 is 5.97 Å². The lowest BCUT2D eigenvalue weighted by atomic mass is 10.1. The van der Waals surface area contributed by atoms with Crippen LogP contribution >= 0.6 is 0 Å². The lowest BCUT2D eigenvalue weighted by molar-refractivity contribution is 0.0595. The van der Waals surface area contributed by atoms with Gasteiger partial charge in [0.1, 0.15) is 11.6 Å². The fourth-order valence-electron chi connectivity index (χ4n) is 1.56. The maximum absolute atomic E-state index is 13.7. The zero-order chi connectivity index (χ0) is 14.5. The molecule has 0 fully saturated rings. The van der Waals surface area contributed by atoms with Crippen molar-refractivity contribution >= 4 is 5.97 Å². The molecule has 0 heterocycles. The molecule has 2 aromatic rings. The number of hydrogen-bond acceptors (Lipinski definition) is 3. The summed E-state index contributed by atoms with van der Waals surface area (Å²) in [7, 11) is 1.19. The molecule has 2 rings (SSSR count). The summed E-state index contributed by atoms with van der Waals surface area (Å²) in [5.74, 6) is 4.38. The van der Waals surface area contributed by atoms with Crippen LogP contribution in [0.5, 0.6) is 5.75 Å². The molecule has 0 atom stereocenters. The smallest absolute Gasteiger partial charge is 0.340 e. The van der Waals surface area contributed by atoms with Crippen LogP contribution in [0.15, 0.2) is 42.5 Å². The molecule has 0 spiro atoms. The average molecular weight is 270 g/mol. The Morgan fingerprint density at radius 3 is 2.30 bits per heavy atom. The van der Waals surface area contributed by atoms with Crippen LogP contribution in [0, 0.1) is 17.7 Å². The Morgan fingerprint density at radius 2 is 1.70 bits per heavy atom. The molecule has 0 radical (unpaired) electrons. The van der Waals surface area contributed by atoms with Gasteiger partial charge in [-0.25, -0.2) is 9.18 Å². The molecule has 20 heavy (non-hydrogen) atoms. The summed E-state index contributed by atoms with van der Waals surface area (Å²) in [6, 6.07) is 10.4. The van der Waals surface area contributed by atoms with E-state index in [-0.39, 0.29) is 11.3 Å². The van der Waals surface area contributed by atoms with Gasteiger partial charge in [-0.1, -0.05) is 11.8 Å². The first-order valence-electron chi connectivity index (χ1n) is 5.79. The second kappa shape index (κ2) is 5.89. The van der Waals surface area contributed by atoms with E-state index in [1.54, 1.807) is 18.2 Å². The molecule has 0 aliphatic carbocycles. The summed E-state index contributed by atoms with van der Waals surface area (Å²) in [6.07, 6.45) is 0. The summed E-state index contributed by atoms with van der Waals surface area (Å²) >= 11 is 0. The summed E-state index contributed by atoms with van der Waals surface area (Å²) in [5.41, 5.74) is 1.02. The minimum absolute atomic E-state index is 0.123. The number of rotatable bonds is 1. The Hall–Kier alpha value is -2.80. The van der Waals surface area contributed by atoms with Crippen LogP contribution in [0.4, 0.5) is 4.39 Å². The van der Waals surface area contributed by atoms with Gasteiger partial charge in [-0.2, -0.15) is 0 Å². The van der Waals surface area contributed by atoms with E-state index < -0.39 is 11.8 Å². The van der Waals surface area contributed by atoms with Gasteiger partial charge in [0.25, 0.3) is 0 Å². The highest BCUT2D eigenvalue weighted by molar-refractivity contribution is 5.89. The number of benzene rings is 2. The topological polar surface area (TPSA) is 46.5 Å². The van der Waals surface area contributed by atoms with Crippen LogP contribution in [0.1, 0.15) is 21.5 Å². The van der Waals surface area contributed by atoms with E-state index in [0.717, 1.165) is 0 Å². The SMILES string of the molecule is COC(=O)c1ccc(C#Cc2ccc(O)cc2)cc1F. The van der Waals surface area contributed by atoms with Crippen molar-refractivity contribution in [1.82, 2.24) is 0 Å². The van der Waals surface area contributed by atoms with Crippen LogP contribution in [-0.4, -0.2) is 18.2 Å². The van der Waals surface area contributed by atoms with Gasteiger partial charge < -0.3 is 9.84 Å². The zero-order valence-corrected chi connectivity index (χ0v) is 10.7. The third kappa shape index (κ3) is 3.15. The van der Waals surface area contributed by atoms with Crippen LogP contribution in [-0.2, 0) is 4.74 Å². The predicted molar refractivity (Wildman–Crippen MR) is 71.8 cm³/mol. The number of hydrogen-bond donors (Lipinski definition) is 1. The first kappa shape index (κ1) is 13.6. The van der Waals surface area contributed by atoms with Crippen LogP contribution in [0.25, 0.3) is 0 Å². The van der Waals surface area contributed by atoms with Gasteiger partial charge in [0.15, 0.2) is 0 Å². The maximum atomic E-state index is 13.7. The Kier molecular flexibility index (Phi) is 4.02. The van der Waals surface area contributed by atoms with Crippen molar-refractivity contribution in [2.45, 2.75) is 0 Å². The van der Waals surface area contributed by atoms with Crippen molar-refractivity contribution in [2.75, 3.05) is 7.11 Å². The number of esters is 1. The highest BCUT2D eigenvalue weighted by atomic mass is 19.1. The van der Waals surface area contributed by atoms with Crippen molar-refractivity contribution in [2.24, 2.45) is 0 Å². The third-order valence-electron chi connectivity index (χ3n) is 2.59. The first-order chi connectivity index (χ1) is 9.60. The van der Waals surface area contributed by atoms with Crippen molar-refractivity contribution in [3.8, 4) is 17.6 Å². The van der Waals surface area contributed by atoms with Gasteiger partial charge in [-0.3, -0.25) is 0 Å². The molecule has 100 valence electrons. The predicted octanol–water partition coefficient (Wildman–Crippen LogP) is 2.72. The van der Waals surface area contributed by atoms with Crippen LogP contribution in [0.3, 0.4) is 0 Å². The molecule has 4 heteroatoms. The fourth-order valence-corrected chi connectivity index (χ4v) is 1.56. The zero-order valence-electron chi connectivity index (χ0n) is 10.7. The summed E-state index contributed by atoms with van der Waals surface area (Å²) in [6.45, 7) is 0. The minimum Gasteiger partial charge on any atom is -0.508 e. The highest BCUT2D eigenvalue weighted by Crippen LogP contribution is 2.12. The molecule has 1 N–H and O–H groups in total. The Morgan fingerprint density at radius 1 is 1.10 bits per heavy atom. The lowest BCUT2D eigenvalue weighted by Crippen LogP contribution is -2.04. The number of methoxy groups -OCH3 is 1. The summed E-state index contributed by atoms with van der Waals surface area (Å²) < 4.78 is 18.1. The average Bonchev–Trinajstić information content (AvgIpc) is 2.46. The number of aromatic hydroxyl groups is 1. The van der Waals surface area contributed by atoms with Crippen molar-refractivity contribution in [3.63, 3.8) is 0 Å². The normalized spacial score (nSPS) is 9.50. The van der Waals surface area contributed by atoms with E-state index in [2.05, 4.69) is 16.6 Å². The number of carbonyl (C=O) groups is 1. The molecular formula is C16H11FO3. The molecule has 0 bridgehead atoms. The molecule has 0 amide bonds. The molecule has 3 nitrogen and oxygen atoms in total. The number of halogens is 1. The van der Waals surface area contributed by atoms with E-state index in [4.69, 9.17) is 5.11 Å². The van der Waals surface area contributed by atoms with E-state index in [0.29, 0.717) is 11.1 Å². The largest absolute Gasteiger partial charge is 0.508 e. The van der Waals surface area contributed by atoms with E-state index >= 15 is 0 Å². The number of ether oxygens (including phenoxy) is 1. The van der Waals surface area contributed by atoms with Crippen molar-refractivity contribution in [1.29, 1.82) is 0 Å². The Balaban J connectivity index is 2.25. The van der Waals surface area contributed by atoms with E-state index in [1.807, 2.05) is 0 Å². The molecule has 2 aromatic carbocycles. The Labute approximate surface area is 115 Å². The minimum atomic E-state index is -0.722. The quantitative estimate of drug-likeness (QED) is 0.640. The highest BCUT2D eigenvalue weighted by Gasteiger charge is 2.11. The Bertz CT molecular complexity index is 694. The summed E-state index contributed by atoms with van der Waals surface area (Å²) in [4.78, 5) is 11.2. The van der Waals surface area contributed by atoms with Gasteiger partial charge in [0.05, 0.1) is 12.7 Å². The molecule has 0 saturated carbocycles. The van der Waals surface area contributed by atoms with Crippen LogP contribution < -0.4 is 0 Å². The van der Waals surface area contributed by atoms with Gasteiger partial charge in [0.2, 0.25) is 0 Å². The number of phenolic OH excluding ortho intramolecular Hbond substituents is 1. The molecular weight excluding hydrogens is 259 g/mol. The first-order valence-corrected chi connectivity index (χ1v) is 5.79. The molecule has 0 aliphatic heterocycles. The van der Waals surface area contributed by atoms with Gasteiger partial charge in [-0.05, 0) is 42.5 Å².